The number of hydrogen-bond acceptors (Lipinski definition) is 1. The van der Waals surface area contributed by atoms with Crippen LogP contribution in [0.15, 0.2) is 0 Å². The highest BCUT2D eigenvalue weighted by Crippen LogP contribution is 2.61. The first kappa shape index (κ1) is 11.3. The van der Waals surface area contributed by atoms with Gasteiger partial charge in [0.05, 0.1) is 0 Å². The molecule has 1 N–H and O–H groups in total. The molecule has 1 nitrogen and oxygen atoms in total. The molecule has 0 aromatic carbocycles. The molecule has 3 saturated carbocycles. The van der Waals surface area contributed by atoms with E-state index in [2.05, 4.69) is 33.1 Å². The topological polar surface area (TPSA) is 12.0 Å². The fourth-order valence-corrected chi connectivity index (χ4v) is 3.53. The van der Waals surface area contributed by atoms with Crippen LogP contribution in [0.5, 0.6) is 0 Å². The van der Waals surface area contributed by atoms with Gasteiger partial charge < -0.3 is 5.32 Å². The van der Waals surface area contributed by atoms with E-state index in [-0.39, 0.29) is 12.4 Å². The van der Waals surface area contributed by atoms with E-state index in [1.807, 2.05) is 0 Å². The molecule has 0 aromatic rings. The molecule has 2 bridgehead atoms. The zero-order valence-corrected chi connectivity index (χ0v) is 9.95. The minimum absolute atomic E-state index is 0. The lowest BCUT2D eigenvalue weighted by Gasteiger charge is -2.62. The highest BCUT2D eigenvalue weighted by atomic mass is 35.5. The van der Waals surface area contributed by atoms with Gasteiger partial charge in [0, 0.05) is 6.04 Å². The quantitative estimate of drug-likeness (QED) is 0.691. The van der Waals surface area contributed by atoms with Crippen LogP contribution in [-0.4, -0.2) is 13.1 Å². The lowest BCUT2D eigenvalue weighted by Crippen LogP contribution is -2.59. The van der Waals surface area contributed by atoms with Crippen molar-refractivity contribution in [1.29, 1.82) is 0 Å². The van der Waals surface area contributed by atoms with Gasteiger partial charge in [0.1, 0.15) is 0 Å². The first-order chi connectivity index (χ1) is 5.57. The van der Waals surface area contributed by atoms with E-state index in [0.29, 0.717) is 5.41 Å². The van der Waals surface area contributed by atoms with Crippen molar-refractivity contribution in [2.24, 2.45) is 23.2 Å². The first-order valence-corrected chi connectivity index (χ1v) is 5.24. The van der Waals surface area contributed by atoms with Gasteiger partial charge in [0.25, 0.3) is 0 Å². The molecule has 0 spiro atoms. The van der Waals surface area contributed by atoms with Gasteiger partial charge in [-0.3, -0.25) is 0 Å². The molecule has 0 aliphatic heterocycles. The molecule has 2 heteroatoms. The zero-order chi connectivity index (χ0) is 8.93. The van der Waals surface area contributed by atoms with E-state index in [1.165, 1.54) is 12.8 Å². The van der Waals surface area contributed by atoms with Crippen LogP contribution in [0.4, 0.5) is 0 Å². The predicted molar refractivity (Wildman–Crippen MR) is 59.3 cm³/mol. The molecule has 0 radical (unpaired) electrons. The Balaban J connectivity index is 0.000000845. The van der Waals surface area contributed by atoms with Gasteiger partial charge >= 0.3 is 0 Å². The van der Waals surface area contributed by atoms with Crippen molar-refractivity contribution >= 4 is 12.4 Å². The lowest BCUT2D eigenvalue weighted by molar-refractivity contribution is -0.113. The summed E-state index contributed by atoms with van der Waals surface area (Å²) in [6, 6.07) is 0.793. The maximum atomic E-state index is 3.45. The smallest absolute Gasteiger partial charge is 0.00953 e. The molecule has 78 valence electrons. The molecule has 13 heavy (non-hydrogen) atoms. The molecular weight excluding hydrogens is 182 g/mol. The summed E-state index contributed by atoms with van der Waals surface area (Å²) >= 11 is 0. The molecule has 3 aliphatic carbocycles. The number of nitrogens with one attached hydrogen (secondary N) is 1. The van der Waals surface area contributed by atoms with Crippen molar-refractivity contribution in [2.45, 2.75) is 39.7 Å². The fraction of sp³-hybridized carbons (Fsp3) is 1.00. The first-order valence-electron chi connectivity index (χ1n) is 5.24. The zero-order valence-electron chi connectivity index (χ0n) is 9.13. The monoisotopic (exact) mass is 203 g/mol. The maximum Gasteiger partial charge on any atom is 0.00953 e. The van der Waals surface area contributed by atoms with Crippen molar-refractivity contribution in [1.82, 2.24) is 5.32 Å². The van der Waals surface area contributed by atoms with Gasteiger partial charge in [-0.15, -0.1) is 12.4 Å². The maximum absolute atomic E-state index is 3.45. The molecule has 3 fully saturated rings. The molecule has 0 saturated heterocycles. The van der Waals surface area contributed by atoms with Crippen LogP contribution in [0.1, 0.15) is 33.6 Å². The van der Waals surface area contributed by atoms with Crippen molar-refractivity contribution in [3.8, 4) is 0 Å². The van der Waals surface area contributed by atoms with Crippen LogP contribution in [-0.2, 0) is 0 Å². The molecule has 3 rings (SSSR count). The van der Waals surface area contributed by atoms with Gasteiger partial charge in [-0.25, -0.2) is 0 Å². The standard InChI is InChI=1S/C11H21N.ClH/c1-7-9-5-8(11(9,2)3)6-10(7)12-4;/h7-10,12H,5-6H2,1-4H3;1H/t7-,8+,9-,10-;/m1./s1. The molecule has 4 atom stereocenters. The van der Waals surface area contributed by atoms with Crippen LogP contribution >= 0.6 is 12.4 Å². The van der Waals surface area contributed by atoms with Gasteiger partial charge in [-0.05, 0) is 43.1 Å². The Hall–Kier alpha value is 0.250. The Labute approximate surface area is 88.1 Å². The number of fused-ring (bicyclic) bond motifs is 2. The normalized spacial score (nSPS) is 46.2. The number of hydrogen-bond donors (Lipinski definition) is 1. The molecular formula is C11H22ClN. The van der Waals surface area contributed by atoms with E-state index in [4.69, 9.17) is 0 Å². The van der Waals surface area contributed by atoms with Gasteiger partial charge in [-0.1, -0.05) is 20.8 Å². The van der Waals surface area contributed by atoms with Crippen LogP contribution in [0.3, 0.4) is 0 Å². The number of halogens is 1. The SMILES string of the molecule is CN[C@@H]1C[C@@H]2C[C@H]([C@H]1C)C2(C)C.Cl. The van der Waals surface area contributed by atoms with Gasteiger partial charge in [0.15, 0.2) is 0 Å². The van der Waals surface area contributed by atoms with E-state index in [0.717, 1.165) is 23.8 Å². The predicted octanol–water partition coefficient (Wildman–Crippen LogP) is 2.70. The average molecular weight is 204 g/mol. The van der Waals surface area contributed by atoms with Crippen LogP contribution in [0, 0.1) is 23.2 Å². The van der Waals surface area contributed by atoms with Crippen molar-refractivity contribution in [3.05, 3.63) is 0 Å². The van der Waals surface area contributed by atoms with E-state index < -0.39 is 0 Å². The Morgan fingerprint density at radius 2 is 1.85 bits per heavy atom. The Morgan fingerprint density at radius 3 is 2.23 bits per heavy atom. The summed E-state index contributed by atoms with van der Waals surface area (Å²) < 4.78 is 0. The highest BCUT2D eigenvalue weighted by Gasteiger charge is 2.55. The average Bonchev–Trinajstić information content (AvgIpc) is 2.03. The van der Waals surface area contributed by atoms with Crippen LogP contribution in [0.2, 0.25) is 0 Å². The summed E-state index contributed by atoms with van der Waals surface area (Å²) in [5.74, 6) is 2.86. The van der Waals surface area contributed by atoms with E-state index in [1.54, 1.807) is 0 Å². The van der Waals surface area contributed by atoms with Gasteiger partial charge in [-0.2, -0.15) is 0 Å². The summed E-state index contributed by atoms with van der Waals surface area (Å²) in [4.78, 5) is 0. The third-order valence-electron chi connectivity index (χ3n) is 4.72. The summed E-state index contributed by atoms with van der Waals surface area (Å²) in [6.07, 6.45) is 2.90. The second kappa shape index (κ2) is 3.43. The second-order valence-corrected chi connectivity index (χ2v) is 5.35. The van der Waals surface area contributed by atoms with Crippen molar-refractivity contribution < 1.29 is 0 Å². The third-order valence-corrected chi connectivity index (χ3v) is 4.72. The minimum Gasteiger partial charge on any atom is -0.317 e. The minimum atomic E-state index is 0. The summed E-state index contributed by atoms with van der Waals surface area (Å²) in [5, 5.41) is 3.45. The largest absolute Gasteiger partial charge is 0.317 e. The third kappa shape index (κ3) is 1.41. The Bertz CT molecular complexity index is 191. The fourth-order valence-electron chi connectivity index (χ4n) is 3.53. The van der Waals surface area contributed by atoms with Crippen molar-refractivity contribution in [2.75, 3.05) is 7.05 Å². The Morgan fingerprint density at radius 1 is 1.23 bits per heavy atom. The molecule has 0 amide bonds. The molecule has 0 aromatic heterocycles. The van der Waals surface area contributed by atoms with Crippen LogP contribution in [0.25, 0.3) is 0 Å². The lowest BCUT2D eigenvalue weighted by atomic mass is 9.45. The Kier molecular flexibility index (Phi) is 2.99. The van der Waals surface area contributed by atoms with Crippen molar-refractivity contribution in [3.63, 3.8) is 0 Å². The summed E-state index contributed by atoms with van der Waals surface area (Å²) in [5.41, 5.74) is 0.646. The molecule has 3 aliphatic rings. The molecule has 0 unspecified atom stereocenters. The van der Waals surface area contributed by atoms with E-state index in [9.17, 15) is 0 Å². The number of rotatable bonds is 1. The second-order valence-electron chi connectivity index (χ2n) is 5.35. The summed E-state index contributed by atoms with van der Waals surface area (Å²) in [7, 11) is 2.11. The summed E-state index contributed by atoms with van der Waals surface area (Å²) in [6.45, 7) is 7.32. The molecule has 0 heterocycles. The highest BCUT2D eigenvalue weighted by molar-refractivity contribution is 5.85. The van der Waals surface area contributed by atoms with Gasteiger partial charge in [0.2, 0.25) is 0 Å². The van der Waals surface area contributed by atoms with Crippen LogP contribution < -0.4 is 5.32 Å². The van der Waals surface area contributed by atoms with E-state index >= 15 is 0 Å².